The van der Waals surface area contributed by atoms with Gasteiger partial charge in [0.15, 0.2) is 0 Å². The topological polar surface area (TPSA) is 66.4 Å². The fourth-order valence-electron chi connectivity index (χ4n) is 2.57. The van der Waals surface area contributed by atoms with E-state index >= 15 is 0 Å². The summed E-state index contributed by atoms with van der Waals surface area (Å²) < 4.78 is 0. The number of nitrogens with one attached hydrogen (secondary N) is 1. The summed E-state index contributed by atoms with van der Waals surface area (Å²) in [4.78, 5) is 23.4. The van der Waals surface area contributed by atoms with Gasteiger partial charge in [0.05, 0.1) is 11.3 Å². The van der Waals surface area contributed by atoms with Gasteiger partial charge in [-0.2, -0.15) is 0 Å². The Morgan fingerprint density at radius 1 is 0.889 bits per heavy atom. The summed E-state index contributed by atoms with van der Waals surface area (Å²) in [6.07, 6.45) is 3.03. The Labute approximate surface area is 161 Å². The smallest absolute Gasteiger partial charge is 0.337 e. The Morgan fingerprint density at radius 3 is 2.22 bits per heavy atom. The van der Waals surface area contributed by atoms with Crippen molar-refractivity contribution in [2.45, 2.75) is 0 Å². The SMILES string of the molecule is O=C(C=Cc1ccc(-c2ccccc2)cc1)Nc1ccc(Cl)cc1C(=O)O. The van der Waals surface area contributed by atoms with Crippen molar-refractivity contribution in [3.05, 3.63) is 95.0 Å². The molecule has 3 aromatic carbocycles. The van der Waals surface area contributed by atoms with Gasteiger partial charge in [-0.15, -0.1) is 0 Å². The molecule has 0 aromatic heterocycles. The van der Waals surface area contributed by atoms with E-state index in [0.29, 0.717) is 5.02 Å². The first kappa shape index (κ1) is 18.4. The second-order valence-corrected chi connectivity index (χ2v) is 6.24. The average Bonchev–Trinajstić information content (AvgIpc) is 2.69. The van der Waals surface area contributed by atoms with Gasteiger partial charge in [0.25, 0.3) is 0 Å². The van der Waals surface area contributed by atoms with Gasteiger partial charge in [0, 0.05) is 11.1 Å². The number of aromatic carboxylic acids is 1. The third-order valence-corrected chi connectivity index (χ3v) is 4.15. The molecule has 0 unspecified atom stereocenters. The maximum atomic E-state index is 12.1. The molecular formula is C22H16ClNO3. The van der Waals surface area contributed by atoms with E-state index in [1.807, 2.05) is 54.6 Å². The number of benzene rings is 3. The molecule has 0 heterocycles. The fourth-order valence-corrected chi connectivity index (χ4v) is 2.74. The Morgan fingerprint density at radius 2 is 1.56 bits per heavy atom. The second kappa shape index (κ2) is 8.34. The van der Waals surface area contributed by atoms with Crippen molar-refractivity contribution in [1.82, 2.24) is 0 Å². The van der Waals surface area contributed by atoms with Crippen LogP contribution in [-0.2, 0) is 4.79 Å². The first-order valence-electron chi connectivity index (χ1n) is 8.20. The summed E-state index contributed by atoms with van der Waals surface area (Å²) in [5.41, 5.74) is 3.20. The van der Waals surface area contributed by atoms with Crippen LogP contribution in [0.1, 0.15) is 15.9 Å². The highest BCUT2D eigenvalue weighted by molar-refractivity contribution is 6.31. The summed E-state index contributed by atoms with van der Waals surface area (Å²) in [5, 5.41) is 12.1. The predicted octanol–water partition coefficient (Wildman–Crippen LogP) is 5.36. The van der Waals surface area contributed by atoms with Gasteiger partial charge in [-0.05, 0) is 41.0 Å². The van der Waals surface area contributed by atoms with E-state index in [0.717, 1.165) is 16.7 Å². The van der Waals surface area contributed by atoms with Crippen LogP contribution in [-0.4, -0.2) is 17.0 Å². The third kappa shape index (κ3) is 4.84. The minimum Gasteiger partial charge on any atom is -0.478 e. The van der Waals surface area contributed by atoms with Crippen molar-refractivity contribution in [3.63, 3.8) is 0 Å². The lowest BCUT2D eigenvalue weighted by molar-refractivity contribution is -0.111. The van der Waals surface area contributed by atoms with E-state index in [1.165, 1.54) is 24.3 Å². The molecule has 0 aliphatic rings. The van der Waals surface area contributed by atoms with Crippen LogP contribution in [0.5, 0.6) is 0 Å². The normalized spacial score (nSPS) is 10.7. The molecule has 3 rings (SSSR count). The Hall–Kier alpha value is -3.37. The van der Waals surface area contributed by atoms with Crippen LogP contribution in [0.4, 0.5) is 5.69 Å². The van der Waals surface area contributed by atoms with E-state index in [4.69, 9.17) is 11.6 Å². The number of anilines is 1. The molecule has 0 saturated heterocycles. The van der Waals surface area contributed by atoms with E-state index in [9.17, 15) is 14.7 Å². The van der Waals surface area contributed by atoms with Crippen LogP contribution in [0.25, 0.3) is 17.2 Å². The molecule has 2 N–H and O–H groups in total. The van der Waals surface area contributed by atoms with Crippen LogP contribution < -0.4 is 5.32 Å². The highest BCUT2D eigenvalue weighted by Crippen LogP contribution is 2.21. The Balaban J connectivity index is 1.70. The van der Waals surface area contributed by atoms with Gasteiger partial charge in [0.2, 0.25) is 5.91 Å². The van der Waals surface area contributed by atoms with Crippen molar-refractivity contribution >= 4 is 35.2 Å². The van der Waals surface area contributed by atoms with Gasteiger partial charge >= 0.3 is 5.97 Å². The number of carbonyl (C=O) groups is 2. The van der Waals surface area contributed by atoms with E-state index in [2.05, 4.69) is 5.32 Å². The minimum atomic E-state index is -1.16. The average molecular weight is 378 g/mol. The highest BCUT2D eigenvalue weighted by atomic mass is 35.5. The molecule has 27 heavy (non-hydrogen) atoms. The molecule has 0 aliphatic heterocycles. The summed E-state index contributed by atoms with van der Waals surface area (Å²) >= 11 is 5.81. The fraction of sp³-hybridized carbons (Fsp3) is 0. The molecule has 0 fully saturated rings. The van der Waals surface area contributed by atoms with Crippen molar-refractivity contribution in [3.8, 4) is 11.1 Å². The zero-order chi connectivity index (χ0) is 19.2. The van der Waals surface area contributed by atoms with Gasteiger partial charge in [0.1, 0.15) is 0 Å². The number of hydrogen-bond acceptors (Lipinski definition) is 2. The maximum Gasteiger partial charge on any atom is 0.337 e. The summed E-state index contributed by atoms with van der Waals surface area (Å²) in [6, 6.07) is 22.1. The quantitative estimate of drug-likeness (QED) is 0.588. The molecular weight excluding hydrogens is 362 g/mol. The molecule has 134 valence electrons. The molecule has 0 bridgehead atoms. The molecule has 1 amide bonds. The van der Waals surface area contributed by atoms with Crippen LogP contribution >= 0.6 is 11.6 Å². The molecule has 0 aliphatic carbocycles. The lowest BCUT2D eigenvalue weighted by Gasteiger charge is -2.07. The summed E-state index contributed by atoms with van der Waals surface area (Å²) in [7, 11) is 0. The van der Waals surface area contributed by atoms with Gasteiger partial charge in [-0.3, -0.25) is 4.79 Å². The molecule has 0 saturated carbocycles. The zero-order valence-electron chi connectivity index (χ0n) is 14.2. The Kier molecular flexibility index (Phi) is 5.69. The number of carbonyl (C=O) groups excluding carboxylic acids is 1. The molecule has 4 nitrogen and oxygen atoms in total. The zero-order valence-corrected chi connectivity index (χ0v) is 15.0. The van der Waals surface area contributed by atoms with Crippen LogP contribution in [0.15, 0.2) is 78.9 Å². The number of rotatable bonds is 5. The molecule has 3 aromatic rings. The van der Waals surface area contributed by atoms with E-state index in [1.54, 1.807) is 6.08 Å². The lowest BCUT2D eigenvalue weighted by atomic mass is 10.0. The van der Waals surface area contributed by atoms with E-state index in [-0.39, 0.29) is 11.3 Å². The first-order valence-corrected chi connectivity index (χ1v) is 8.58. The molecule has 0 spiro atoms. The predicted molar refractivity (Wildman–Crippen MR) is 108 cm³/mol. The van der Waals surface area contributed by atoms with Crippen LogP contribution in [0.3, 0.4) is 0 Å². The molecule has 0 atom stereocenters. The number of carboxylic acid groups (broad SMARTS) is 1. The lowest BCUT2D eigenvalue weighted by Crippen LogP contribution is -2.12. The largest absolute Gasteiger partial charge is 0.478 e. The Bertz CT molecular complexity index is 996. The molecule has 5 heteroatoms. The second-order valence-electron chi connectivity index (χ2n) is 5.81. The van der Waals surface area contributed by atoms with Gasteiger partial charge in [-0.25, -0.2) is 4.79 Å². The number of halogens is 1. The number of amides is 1. The van der Waals surface area contributed by atoms with Crippen molar-refractivity contribution in [2.24, 2.45) is 0 Å². The van der Waals surface area contributed by atoms with E-state index < -0.39 is 11.9 Å². The number of carboxylic acids is 1. The standard InChI is InChI=1S/C22H16ClNO3/c23-18-11-12-20(19(14-18)22(26)27)24-21(25)13-8-15-6-9-17(10-7-15)16-4-2-1-3-5-16/h1-14H,(H,24,25)(H,26,27). The van der Waals surface area contributed by atoms with Crippen LogP contribution in [0, 0.1) is 0 Å². The first-order chi connectivity index (χ1) is 13.0. The third-order valence-electron chi connectivity index (χ3n) is 3.91. The maximum absolute atomic E-state index is 12.1. The van der Waals surface area contributed by atoms with Crippen molar-refractivity contribution in [1.29, 1.82) is 0 Å². The number of hydrogen-bond donors (Lipinski definition) is 2. The molecule has 0 radical (unpaired) electrons. The van der Waals surface area contributed by atoms with Crippen molar-refractivity contribution < 1.29 is 14.7 Å². The highest BCUT2D eigenvalue weighted by Gasteiger charge is 2.12. The van der Waals surface area contributed by atoms with Gasteiger partial charge in [-0.1, -0.05) is 66.2 Å². The van der Waals surface area contributed by atoms with Crippen LogP contribution in [0.2, 0.25) is 5.02 Å². The van der Waals surface area contributed by atoms with Gasteiger partial charge < -0.3 is 10.4 Å². The summed E-state index contributed by atoms with van der Waals surface area (Å²) in [6.45, 7) is 0. The summed E-state index contributed by atoms with van der Waals surface area (Å²) in [5.74, 6) is -1.58. The monoisotopic (exact) mass is 377 g/mol. The van der Waals surface area contributed by atoms with Crippen molar-refractivity contribution in [2.75, 3.05) is 5.32 Å². The minimum absolute atomic E-state index is 0.0588.